The largest absolute Gasteiger partial charge is 0.504 e. The van der Waals surface area contributed by atoms with E-state index < -0.39 is 11.6 Å². The summed E-state index contributed by atoms with van der Waals surface area (Å²) in [4.78, 5) is 15.8. The quantitative estimate of drug-likeness (QED) is 0.836. The van der Waals surface area contributed by atoms with Crippen molar-refractivity contribution in [3.63, 3.8) is 0 Å². The molecule has 1 N–H and O–H groups in total. The van der Waals surface area contributed by atoms with Gasteiger partial charge in [-0.3, -0.25) is 0 Å². The van der Waals surface area contributed by atoms with Crippen LogP contribution in [0.15, 0.2) is 30.7 Å². The van der Waals surface area contributed by atoms with Crippen molar-refractivity contribution in [3.05, 3.63) is 36.3 Å². The minimum atomic E-state index is -0.590. The molecule has 6 heteroatoms. The van der Waals surface area contributed by atoms with E-state index in [2.05, 4.69) is 10.1 Å². The Morgan fingerprint density at radius 3 is 2.68 bits per heavy atom. The van der Waals surface area contributed by atoms with Crippen LogP contribution >= 0.6 is 0 Å². The highest BCUT2D eigenvalue weighted by Crippen LogP contribution is 2.21. The molecule has 0 fully saturated rings. The van der Waals surface area contributed by atoms with Crippen LogP contribution in [0.3, 0.4) is 0 Å². The number of ether oxygens (including phenoxy) is 1. The van der Waals surface area contributed by atoms with Crippen molar-refractivity contribution in [2.24, 2.45) is 0 Å². The van der Waals surface area contributed by atoms with Crippen molar-refractivity contribution in [1.29, 1.82) is 0 Å². The van der Waals surface area contributed by atoms with Crippen LogP contribution < -0.4 is 0 Å². The summed E-state index contributed by atoms with van der Waals surface area (Å²) in [5.74, 6) is -0.397. The van der Waals surface area contributed by atoms with Crippen molar-refractivity contribution in [2.45, 2.75) is 26.4 Å². The predicted molar refractivity (Wildman–Crippen MR) is 68.2 cm³/mol. The second-order valence-corrected chi connectivity index (χ2v) is 5.02. The molecule has 2 heterocycles. The lowest BCUT2D eigenvalue weighted by Crippen LogP contribution is -2.24. The van der Waals surface area contributed by atoms with Crippen molar-refractivity contribution < 1.29 is 14.6 Å². The molecule has 0 saturated heterocycles. The molecular formula is C13H15N3O3. The molecular weight excluding hydrogens is 246 g/mol. The van der Waals surface area contributed by atoms with Gasteiger partial charge in [-0.2, -0.15) is 5.10 Å². The highest BCUT2D eigenvalue weighted by Gasteiger charge is 2.19. The third-order valence-corrected chi connectivity index (χ3v) is 2.20. The molecule has 0 spiro atoms. The van der Waals surface area contributed by atoms with Gasteiger partial charge in [0.2, 0.25) is 0 Å². The number of rotatable bonds is 2. The molecule has 6 nitrogen and oxygen atoms in total. The minimum Gasteiger partial charge on any atom is -0.504 e. The van der Waals surface area contributed by atoms with E-state index in [1.807, 2.05) is 0 Å². The van der Waals surface area contributed by atoms with E-state index in [4.69, 9.17) is 4.74 Å². The van der Waals surface area contributed by atoms with Crippen LogP contribution in [0.1, 0.15) is 31.1 Å². The Morgan fingerprint density at radius 2 is 2.16 bits per heavy atom. The number of pyridine rings is 1. The zero-order chi connectivity index (χ0) is 14.0. The molecule has 0 atom stereocenters. The summed E-state index contributed by atoms with van der Waals surface area (Å²) in [7, 11) is 0. The van der Waals surface area contributed by atoms with Gasteiger partial charge in [0.25, 0.3) is 0 Å². The number of esters is 1. The number of carbonyl (C=O) groups excluding carboxylic acids is 1. The topological polar surface area (TPSA) is 77.2 Å². The summed E-state index contributed by atoms with van der Waals surface area (Å²) in [5, 5.41) is 13.8. The summed E-state index contributed by atoms with van der Waals surface area (Å²) < 4.78 is 6.61. The standard InChI is InChI=1S/C13H15N3O3/c1-13(2,3)19-12(18)9-7-10(17)11(14-8-9)16-6-4-5-15-16/h4-8,17H,1-3H3. The number of hydrogen-bond donors (Lipinski definition) is 1. The lowest BCUT2D eigenvalue weighted by molar-refractivity contribution is 0.00686. The predicted octanol–water partition coefficient (Wildman–Crippen LogP) is 1.93. The van der Waals surface area contributed by atoms with E-state index in [-0.39, 0.29) is 17.1 Å². The SMILES string of the molecule is CC(C)(C)OC(=O)c1cnc(-n2cccn2)c(O)c1. The van der Waals surface area contributed by atoms with Gasteiger partial charge in [0.15, 0.2) is 11.6 Å². The smallest absolute Gasteiger partial charge is 0.340 e. The first-order valence-corrected chi connectivity index (χ1v) is 5.79. The van der Waals surface area contributed by atoms with E-state index in [0.29, 0.717) is 0 Å². The number of aromatic nitrogens is 3. The fourth-order valence-electron chi connectivity index (χ4n) is 1.47. The summed E-state index contributed by atoms with van der Waals surface area (Å²) in [6.45, 7) is 5.32. The molecule has 0 aromatic carbocycles. The normalized spacial score (nSPS) is 11.3. The first kappa shape index (κ1) is 13.1. The Bertz CT molecular complexity index is 586. The maximum atomic E-state index is 11.8. The van der Waals surface area contributed by atoms with Crippen molar-refractivity contribution in [3.8, 4) is 11.6 Å². The van der Waals surface area contributed by atoms with Crippen LogP contribution in [0.2, 0.25) is 0 Å². The van der Waals surface area contributed by atoms with Gasteiger partial charge < -0.3 is 9.84 Å². The third-order valence-electron chi connectivity index (χ3n) is 2.20. The van der Waals surface area contributed by atoms with Gasteiger partial charge in [-0.15, -0.1) is 0 Å². The van der Waals surface area contributed by atoms with Gasteiger partial charge in [-0.25, -0.2) is 14.5 Å². The van der Waals surface area contributed by atoms with Gasteiger partial charge in [-0.05, 0) is 32.9 Å². The maximum absolute atomic E-state index is 11.8. The van der Waals surface area contributed by atoms with Crippen LogP contribution in [0, 0.1) is 0 Å². The Kier molecular flexibility index (Phi) is 3.25. The molecule has 0 amide bonds. The van der Waals surface area contributed by atoms with E-state index in [1.165, 1.54) is 16.9 Å². The van der Waals surface area contributed by atoms with Gasteiger partial charge in [0.1, 0.15) is 5.60 Å². The Balaban J connectivity index is 2.27. The zero-order valence-corrected chi connectivity index (χ0v) is 11.0. The average Bonchev–Trinajstić information content (AvgIpc) is 2.79. The number of carbonyl (C=O) groups is 1. The molecule has 100 valence electrons. The second-order valence-electron chi connectivity index (χ2n) is 5.02. The van der Waals surface area contributed by atoms with Crippen LogP contribution in [0.25, 0.3) is 5.82 Å². The number of hydrogen-bond acceptors (Lipinski definition) is 5. The van der Waals surface area contributed by atoms with E-state index >= 15 is 0 Å². The number of aromatic hydroxyl groups is 1. The van der Waals surface area contributed by atoms with E-state index in [9.17, 15) is 9.90 Å². The maximum Gasteiger partial charge on any atom is 0.340 e. The fraction of sp³-hybridized carbons (Fsp3) is 0.308. The monoisotopic (exact) mass is 261 g/mol. The molecule has 0 unspecified atom stereocenters. The van der Waals surface area contributed by atoms with Crippen LogP contribution in [-0.4, -0.2) is 31.4 Å². The van der Waals surface area contributed by atoms with Gasteiger partial charge in [-0.1, -0.05) is 0 Å². The van der Waals surface area contributed by atoms with Crippen LogP contribution in [0.5, 0.6) is 5.75 Å². The Morgan fingerprint density at radius 1 is 1.42 bits per heavy atom. The van der Waals surface area contributed by atoms with E-state index in [0.717, 1.165) is 0 Å². The molecule has 0 bridgehead atoms. The summed E-state index contributed by atoms with van der Waals surface area (Å²) >= 11 is 0. The van der Waals surface area contributed by atoms with Gasteiger partial charge >= 0.3 is 5.97 Å². The second kappa shape index (κ2) is 4.72. The van der Waals surface area contributed by atoms with E-state index in [1.54, 1.807) is 39.2 Å². The molecule has 0 aliphatic heterocycles. The van der Waals surface area contributed by atoms with Crippen molar-refractivity contribution >= 4 is 5.97 Å². The number of nitrogens with zero attached hydrogens (tertiary/aromatic N) is 3. The molecule has 2 rings (SSSR count). The molecule has 19 heavy (non-hydrogen) atoms. The first-order valence-electron chi connectivity index (χ1n) is 5.79. The molecule has 0 radical (unpaired) electrons. The van der Waals surface area contributed by atoms with Crippen molar-refractivity contribution in [1.82, 2.24) is 14.8 Å². The molecule has 2 aromatic rings. The molecule has 0 aliphatic rings. The first-order chi connectivity index (χ1) is 8.87. The minimum absolute atomic E-state index is 0.132. The zero-order valence-electron chi connectivity index (χ0n) is 11.0. The lowest BCUT2D eigenvalue weighted by atomic mass is 10.2. The highest BCUT2D eigenvalue weighted by atomic mass is 16.6. The fourth-order valence-corrected chi connectivity index (χ4v) is 1.47. The molecule has 0 aliphatic carbocycles. The molecule has 0 saturated carbocycles. The van der Waals surface area contributed by atoms with Gasteiger partial charge in [0.05, 0.1) is 5.56 Å². The molecule has 2 aromatic heterocycles. The van der Waals surface area contributed by atoms with Crippen molar-refractivity contribution in [2.75, 3.05) is 0 Å². The Labute approximate surface area is 110 Å². The summed E-state index contributed by atoms with van der Waals surface area (Å²) in [6, 6.07) is 3.03. The summed E-state index contributed by atoms with van der Waals surface area (Å²) in [6.07, 6.45) is 4.57. The lowest BCUT2D eigenvalue weighted by Gasteiger charge is -2.19. The summed E-state index contributed by atoms with van der Waals surface area (Å²) in [5.41, 5.74) is -0.392. The average molecular weight is 261 g/mol. The third kappa shape index (κ3) is 3.09. The highest BCUT2D eigenvalue weighted by molar-refractivity contribution is 5.90. The van der Waals surface area contributed by atoms with Crippen LogP contribution in [0.4, 0.5) is 0 Å². The Hall–Kier alpha value is -2.37. The van der Waals surface area contributed by atoms with Crippen LogP contribution in [-0.2, 0) is 4.74 Å². The van der Waals surface area contributed by atoms with Gasteiger partial charge in [0, 0.05) is 18.6 Å².